The zero-order chi connectivity index (χ0) is 6.57. The van der Waals surface area contributed by atoms with E-state index in [1.165, 1.54) is 0 Å². The van der Waals surface area contributed by atoms with Crippen LogP contribution in [-0.2, 0) is 4.79 Å². The van der Waals surface area contributed by atoms with E-state index in [0.29, 0.717) is 0 Å². The van der Waals surface area contributed by atoms with Gasteiger partial charge in [-0.25, -0.2) is 4.85 Å². The molecule has 0 aromatic carbocycles. The second-order valence-corrected chi connectivity index (χ2v) is 0.920. The van der Waals surface area contributed by atoms with Crippen molar-refractivity contribution in [3.63, 3.8) is 0 Å². The Balaban J connectivity index is 4.20. The Hall–Kier alpha value is -1.50. The lowest BCUT2D eigenvalue weighted by Gasteiger charge is -1.89. The van der Waals surface area contributed by atoms with Crippen molar-refractivity contribution < 1.29 is 15.0 Å². The summed E-state index contributed by atoms with van der Waals surface area (Å²) in [6.07, 6.45) is 0.00926. The van der Waals surface area contributed by atoms with E-state index >= 15 is 0 Å². The molecule has 1 N–H and O–H groups in total. The fourth-order valence-electron chi connectivity index (χ4n) is 0.125. The highest BCUT2D eigenvalue weighted by atomic mass is 16.4. The topological polar surface area (TPSA) is 64.7 Å². The number of carboxylic acid groups (broad SMARTS) is 1. The first-order valence-corrected chi connectivity index (χ1v) is 1.65. The molecule has 0 aromatic rings. The molecule has 0 aliphatic rings. The summed E-state index contributed by atoms with van der Waals surface area (Å²) in [6, 6.07) is 0. The number of aliphatic carboxylic acids is 1. The van der Waals surface area contributed by atoms with Gasteiger partial charge < -0.3 is 10.2 Å². The van der Waals surface area contributed by atoms with Gasteiger partial charge in [0.2, 0.25) is 0 Å². The summed E-state index contributed by atoms with van der Waals surface area (Å²) in [6.45, 7) is 6.07. The summed E-state index contributed by atoms with van der Waals surface area (Å²) in [5.41, 5.74) is -0.787. The van der Waals surface area contributed by atoms with Gasteiger partial charge in [-0.1, -0.05) is 0 Å². The van der Waals surface area contributed by atoms with E-state index < -0.39 is 11.7 Å². The lowest BCUT2D eigenvalue weighted by atomic mass is 10.5. The molecular formula is C4H2NO3-. The SMILES string of the molecule is [C-]#[N+]/C(=C/[O-])C(=O)O. The lowest BCUT2D eigenvalue weighted by Crippen LogP contribution is -2.00. The van der Waals surface area contributed by atoms with E-state index in [2.05, 4.69) is 4.85 Å². The maximum absolute atomic E-state index is 9.68. The summed E-state index contributed by atoms with van der Waals surface area (Å²) in [5, 5.41) is 17.4. The molecule has 0 saturated carbocycles. The highest BCUT2D eigenvalue weighted by Gasteiger charge is 1.99. The van der Waals surface area contributed by atoms with Gasteiger partial charge in [-0.05, 0) is 0 Å². The van der Waals surface area contributed by atoms with Crippen LogP contribution in [0.1, 0.15) is 0 Å². The Kier molecular flexibility index (Phi) is 2.14. The molecule has 0 rings (SSSR count). The maximum atomic E-state index is 9.68. The molecule has 0 fully saturated rings. The van der Waals surface area contributed by atoms with Gasteiger partial charge in [-0.2, -0.15) is 0 Å². The first-order valence-electron chi connectivity index (χ1n) is 1.65. The Morgan fingerprint density at radius 1 is 1.88 bits per heavy atom. The van der Waals surface area contributed by atoms with E-state index in [1.54, 1.807) is 0 Å². The fraction of sp³-hybridized carbons (Fsp3) is 0. The number of hydrogen-bond donors (Lipinski definition) is 1. The van der Waals surface area contributed by atoms with Gasteiger partial charge in [0.15, 0.2) is 0 Å². The predicted molar refractivity (Wildman–Crippen MR) is 22.3 cm³/mol. The quantitative estimate of drug-likeness (QED) is 0.274. The highest BCUT2D eigenvalue weighted by molar-refractivity contribution is 5.88. The van der Waals surface area contributed by atoms with Crippen molar-refractivity contribution in [2.45, 2.75) is 0 Å². The van der Waals surface area contributed by atoms with Gasteiger partial charge in [-0.15, -0.1) is 6.26 Å². The Morgan fingerprint density at radius 3 is 2.38 bits per heavy atom. The third kappa shape index (κ3) is 1.30. The first kappa shape index (κ1) is 6.50. The van der Waals surface area contributed by atoms with E-state index in [4.69, 9.17) is 11.7 Å². The van der Waals surface area contributed by atoms with E-state index in [-0.39, 0.29) is 6.26 Å². The average molecular weight is 112 g/mol. The number of nitrogens with zero attached hydrogens (tertiary/aromatic N) is 1. The second kappa shape index (κ2) is 2.64. The number of carbonyl (C=O) groups is 1. The van der Waals surface area contributed by atoms with Crippen molar-refractivity contribution in [1.29, 1.82) is 0 Å². The van der Waals surface area contributed by atoms with Crippen molar-refractivity contribution in [3.8, 4) is 0 Å². The molecule has 4 heteroatoms. The smallest absolute Gasteiger partial charge is 0.332 e. The number of rotatable bonds is 1. The maximum Gasteiger partial charge on any atom is 0.332 e. The number of carboxylic acids is 1. The van der Waals surface area contributed by atoms with Crippen LogP contribution < -0.4 is 5.11 Å². The van der Waals surface area contributed by atoms with Crippen LogP contribution in [0.3, 0.4) is 0 Å². The van der Waals surface area contributed by atoms with E-state index in [0.717, 1.165) is 0 Å². The van der Waals surface area contributed by atoms with Crippen molar-refractivity contribution in [1.82, 2.24) is 0 Å². The molecule has 0 spiro atoms. The molecule has 8 heavy (non-hydrogen) atoms. The Morgan fingerprint density at radius 2 is 2.38 bits per heavy atom. The lowest BCUT2D eigenvalue weighted by molar-refractivity contribution is -0.275. The summed E-state index contributed by atoms with van der Waals surface area (Å²) >= 11 is 0. The summed E-state index contributed by atoms with van der Waals surface area (Å²) in [4.78, 5) is 12.1. The fourth-order valence-corrected chi connectivity index (χ4v) is 0.125. The minimum atomic E-state index is -1.48. The highest BCUT2D eigenvalue weighted by Crippen LogP contribution is 1.90. The normalized spacial score (nSPS) is 10.1. The van der Waals surface area contributed by atoms with Gasteiger partial charge >= 0.3 is 5.97 Å². The molecule has 0 amide bonds. The van der Waals surface area contributed by atoms with Gasteiger partial charge in [0, 0.05) is 0 Å². The van der Waals surface area contributed by atoms with Gasteiger partial charge in [0.1, 0.15) is 0 Å². The van der Waals surface area contributed by atoms with Crippen molar-refractivity contribution in [2.75, 3.05) is 0 Å². The zero-order valence-electron chi connectivity index (χ0n) is 3.79. The molecule has 0 aromatic heterocycles. The Bertz CT molecular complexity index is 165. The van der Waals surface area contributed by atoms with Crippen molar-refractivity contribution in [3.05, 3.63) is 23.4 Å². The number of hydrogen-bond acceptors (Lipinski definition) is 2. The minimum Gasteiger partial charge on any atom is -0.886 e. The van der Waals surface area contributed by atoms with Crippen LogP contribution in [0.5, 0.6) is 0 Å². The van der Waals surface area contributed by atoms with Gasteiger partial charge in [0.25, 0.3) is 5.70 Å². The molecule has 0 bridgehead atoms. The van der Waals surface area contributed by atoms with Crippen LogP contribution in [-0.4, -0.2) is 11.1 Å². The molecule has 0 aliphatic carbocycles. The van der Waals surface area contributed by atoms with Gasteiger partial charge in [-0.3, -0.25) is 4.79 Å². The van der Waals surface area contributed by atoms with Crippen LogP contribution in [0.4, 0.5) is 0 Å². The summed E-state index contributed by atoms with van der Waals surface area (Å²) < 4.78 is 0. The third-order valence-corrected chi connectivity index (χ3v) is 0.451. The summed E-state index contributed by atoms with van der Waals surface area (Å²) in [5.74, 6) is -1.48. The second-order valence-electron chi connectivity index (χ2n) is 0.920. The van der Waals surface area contributed by atoms with Gasteiger partial charge in [0.05, 0.1) is 6.57 Å². The van der Waals surface area contributed by atoms with Crippen LogP contribution in [0.25, 0.3) is 4.85 Å². The molecule has 0 radical (unpaired) electrons. The molecule has 0 aliphatic heterocycles. The van der Waals surface area contributed by atoms with Crippen LogP contribution in [0.2, 0.25) is 0 Å². The predicted octanol–water partition coefficient (Wildman–Crippen LogP) is -0.808. The summed E-state index contributed by atoms with van der Waals surface area (Å²) in [7, 11) is 0. The van der Waals surface area contributed by atoms with Crippen molar-refractivity contribution >= 4 is 5.97 Å². The average Bonchev–Trinajstić information content (AvgIpc) is 1.69. The minimum absolute atomic E-state index is 0.00926. The largest absolute Gasteiger partial charge is 0.886 e. The van der Waals surface area contributed by atoms with E-state index in [1.807, 2.05) is 0 Å². The standard InChI is InChI=1S/C4H3NO3/c1-5-3(2-6)4(7)8/h2,6H,(H,7,8)/p-1/b3-2+. The molecule has 4 nitrogen and oxygen atoms in total. The van der Waals surface area contributed by atoms with Crippen molar-refractivity contribution in [2.24, 2.45) is 0 Å². The van der Waals surface area contributed by atoms with Crippen LogP contribution in [0, 0.1) is 6.57 Å². The first-order chi connectivity index (χ1) is 3.72. The third-order valence-electron chi connectivity index (χ3n) is 0.451. The molecule has 42 valence electrons. The molecular weight excluding hydrogens is 110 g/mol. The molecule has 0 atom stereocenters. The molecule has 0 saturated heterocycles. The Labute approximate surface area is 45.5 Å². The monoisotopic (exact) mass is 112 g/mol. The van der Waals surface area contributed by atoms with Crippen LogP contribution in [0.15, 0.2) is 12.0 Å². The molecule has 0 heterocycles. The zero-order valence-corrected chi connectivity index (χ0v) is 3.79. The van der Waals surface area contributed by atoms with E-state index in [9.17, 15) is 9.90 Å². The van der Waals surface area contributed by atoms with Crippen LogP contribution >= 0.6 is 0 Å². The molecule has 0 unspecified atom stereocenters.